The molecule has 1 saturated carbocycles. The van der Waals surface area contributed by atoms with Crippen LogP contribution < -0.4 is 4.74 Å². The fraction of sp³-hybridized carbons (Fsp3) is 0.524. The highest BCUT2D eigenvalue weighted by atomic mass is 16.5. The number of nitrogens with zero attached hydrogens (tertiary/aromatic N) is 1. The van der Waals surface area contributed by atoms with Crippen molar-refractivity contribution in [3.05, 3.63) is 29.8 Å². The summed E-state index contributed by atoms with van der Waals surface area (Å²) in [6.45, 7) is 1.51. The van der Waals surface area contributed by atoms with E-state index in [4.69, 9.17) is 9.47 Å². The lowest BCUT2D eigenvalue weighted by atomic mass is 9.81. The van der Waals surface area contributed by atoms with Crippen LogP contribution in [0, 0.1) is 11.8 Å². The van der Waals surface area contributed by atoms with Gasteiger partial charge in [-0.25, -0.2) is 0 Å². The minimum Gasteiger partial charge on any atom is -0.497 e. The van der Waals surface area contributed by atoms with E-state index in [1.54, 1.807) is 24.3 Å². The molecule has 2 aliphatic rings. The molecule has 2 fully saturated rings. The Labute approximate surface area is 164 Å². The summed E-state index contributed by atoms with van der Waals surface area (Å²) in [6.07, 6.45) is 2.33. The third-order valence-corrected chi connectivity index (χ3v) is 5.52. The van der Waals surface area contributed by atoms with E-state index in [0.29, 0.717) is 11.3 Å². The number of fused-ring (bicyclic) bond motifs is 1. The maximum Gasteiger partial charge on any atom is 0.308 e. The van der Waals surface area contributed by atoms with Crippen LogP contribution in [-0.4, -0.2) is 48.2 Å². The largest absolute Gasteiger partial charge is 0.497 e. The van der Waals surface area contributed by atoms with E-state index in [0.717, 1.165) is 25.7 Å². The zero-order valence-electron chi connectivity index (χ0n) is 16.2. The number of hydrogen-bond donors (Lipinski definition) is 0. The molecule has 7 nitrogen and oxygen atoms in total. The number of benzene rings is 1. The quantitative estimate of drug-likeness (QED) is 0.405. The van der Waals surface area contributed by atoms with Crippen LogP contribution >= 0.6 is 0 Å². The summed E-state index contributed by atoms with van der Waals surface area (Å²) in [5.74, 6) is -1.11. The Morgan fingerprint density at radius 3 is 2.18 bits per heavy atom. The Kier molecular flexibility index (Phi) is 6.11. The maximum absolute atomic E-state index is 12.4. The average molecular weight is 387 g/mol. The van der Waals surface area contributed by atoms with E-state index in [-0.39, 0.29) is 42.4 Å². The maximum atomic E-state index is 12.4. The molecule has 1 aromatic rings. The highest BCUT2D eigenvalue weighted by molar-refractivity contribution is 6.05. The molecule has 0 radical (unpaired) electrons. The monoisotopic (exact) mass is 387 g/mol. The molecule has 150 valence electrons. The molecule has 0 aromatic heterocycles. The number of likely N-dealkylation sites (tertiary alicyclic amines) is 1. The first kappa shape index (κ1) is 20.0. The fourth-order valence-electron chi connectivity index (χ4n) is 3.95. The van der Waals surface area contributed by atoms with Gasteiger partial charge < -0.3 is 9.47 Å². The standard InChI is InChI=1S/C21H25NO6/c1-13(19(24)14-7-9-15(27-2)10-8-14)28-18(23)11-12-22-20(25)16-5-3-4-6-17(16)21(22)26/h7-10,13,16-17H,3-6,11-12H2,1-2H3/t13-,16-,17+/m0/s1. The predicted molar refractivity (Wildman–Crippen MR) is 99.7 cm³/mol. The fourth-order valence-corrected chi connectivity index (χ4v) is 3.95. The van der Waals surface area contributed by atoms with Crippen LogP contribution in [0.15, 0.2) is 24.3 Å². The van der Waals surface area contributed by atoms with E-state index < -0.39 is 12.1 Å². The number of rotatable bonds is 7. The first-order valence-electron chi connectivity index (χ1n) is 9.65. The zero-order valence-corrected chi connectivity index (χ0v) is 16.2. The van der Waals surface area contributed by atoms with Crippen molar-refractivity contribution in [2.75, 3.05) is 13.7 Å². The number of methoxy groups -OCH3 is 1. The lowest BCUT2D eigenvalue weighted by Gasteiger charge is -2.19. The van der Waals surface area contributed by atoms with Crippen LogP contribution in [0.4, 0.5) is 0 Å². The van der Waals surface area contributed by atoms with Crippen molar-refractivity contribution in [3.63, 3.8) is 0 Å². The number of imide groups is 1. The van der Waals surface area contributed by atoms with Gasteiger partial charge in [0, 0.05) is 12.1 Å². The molecule has 2 amide bonds. The SMILES string of the molecule is COc1ccc(C(=O)[C@H](C)OC(=O)CCN2C(=O)[C@H]3CCCC[C@H]3C2=O)cc1. The van der Waals surface area contributed by atoms with Crippen LogP contribution in [-0.2, 0) is 19.1 Å². The van der Waals surface area contributed by atoms with E-state index in [2.05, 4.69) is 0 Å². The second-order valence-electron chi connectivity index (χ2n) is 7.30. The molecule has 1 aromatic carbocycles. The minimum atomic E-state index is -0.951. The number of ether oxygens (including phenoxy) is 2. The minimum absolute atomic E-state index is 0.00689. The summed E-state index contributed by atoms with van der Waals surface area (Å²) in [6, 6.07) is 6.53. The van der Waals surface area contributed by atoms with Gasteiger partial charge in [0.05, 0.1) is 25.4 Å². The molecule has 0 spiro atoms. The topological polar surface area (TPSA) is 90.0 Å². The van der Waals surface area contributed by atoms with E-state index >= 15 is 0 Å². The Hall–Kier alpha value is -2.70. The molecule has 0 bridgehead atoms. The number of hydrogen-bond acceptors (Lipinski definition) is 6. The van der Waals surface area contributed by atoms with Gasteiger partial charge in [-0.15, -0.1) is 0 Å². The summed E-state index contributed by atoms with van der Waals surface area (Å²) < 4.78 is 10.3. The number of amides is 2. The molecular weight excluding hydrogens is 362 g/mol. The molecule has 3 rings (SSSR count). The van der Waals surface area contributed by atoms with Gasteiger partial charge >= 0.3 is 5.97 Å². The Bertz CT molecular complexity index is 748. The van der Waals surface area contributed by atoms with Crippen LogP contribution in [0.3, 0.4) is 0 Å². The third-order valence-electron chi connectivity index (χ3n) is 5.52. The summed E-state index contributed by atoms with van der Waals surface area (Å²) in [4.78, 5) is 50.5. The van der Waals surface area contributed by atoms with Crippen LogP contribution in [0.25, 0.3) is 0 Å². The summed E-state index contributed by atoms with van der Waals surface area (Å²) in [7, 11) is 1.53. The molecule has 7 heteroatoms. The van der Waals surface area contributed by atoms with Gasteiger partial charge in [0.2, 0.25) is 17.6 Å². The van der Waals surface area contributed by atoms with Crippen molar-refractivity contribution in [2.24, 2.45) is 11.8 Å². The molecule has 0 unspecified atom stereocenters. The first-order chi connectivity index (χ1) is 13.4. The number of esters is 1. The smallest absolute Gasteiger partial charge is 0.308 e. The van der Waals surface area contributed by atoms with Crippen molar-refractivity contribution in [3.8, 4) is 5.75 Å². The lowest BCUT2D eigenvalue weighted by Crippen LogP contribution is -2.34. The molecular formula is C21H25NO6. The van der Waals surface area contributed by atoms with Crippen molar-refractivity contribution < 1.29 is 28.7 Å². The van der Waals surface area contributed by atoms with Crippen molar-refractivity contribution in [2.45, 2.75) is 45.1 Å². The van der Waals surface area contributed by atoms with Gasteiger partial charge in [0.15, 0.2) is 6.10 Å². The van der Waals surface area contributed by atoms with Gasteiger partial charge in [-0.05, 0) is 44.0 Å². The molecule has 1 saturated heterocycles. The van der Waals surface area contributed by atoms with E-state index in [1.807, 2.05) is 0 Å². The molecule has 1 heterocycles. The predicted octanol–water partition coefficient (Wildman–Crippen LogP) is 2.37. The van der Waals surface area contributed by atoms with Gasteiger partial charge in [-0.1, -0.05) is 12.8 Å². The summed E-state index contributed by atoms with van der Waals surface area (Å²) >= 11 is 0. The number of carbonyl (C=O) groups excluding carboxylic acids is 4. The van der Waals surface area contributed by atoms with Gasteiger partial charge in [0.25, 0.3) is 0 Å². The van der Waals surface area contributed by atoms with Gasteiger partial charge in [-0.2, -0.15) is 0 Å². The Morgan fingerprint density at radius 1 is 1.07 bits per heavy atom. The molecule has 0 N–H and O–H groups in total. The van der Waals surface area contributed by atoms with Gasteiger partial charge in [-0.3, -0.25) is 24.1 Å². The number of ketones is 1. The molecule has 1 aliphatic carbocycles. The highest BCUT2D eigenvalue weighted by Crippen LogP contribution is 2.37. The summed E-state index contributed by atoms with van der Waals surface area (Å²) in [5.41, 5.74) is 0.412. The van der Waals surface area contributed by atoms with E-state index in [9.17, 15) is 19.2 Å². The van der Waals surface area contributed by atoms with Crippen LogP contribution in [0.2, 0.25) is 0 Å². The number of Topliss-reactive ketones (excluding diaryl/α,β-unsaturated/α-hetero) is 1. The molecule has 3 atom stereocenters. The van der Waals surface area contributed by atoms with E-state index in [1.165, 1.54) is 18.9 Å². The van der Waals surface area contributed by atoms with Crippen LogP contribution in [0.1, 0.15) is 49.4 Å². The van der Waals surface area contributed by atoms with Gasteiger partial charge in [0.1, 0.15) is 5.75 Å². The zero-order chi connectivity index (χ0) is 20.3. The number of carbonyl (C=O) groups is 4. The molecule has 1 aliphatic heterocycles. The third kappa shape index (κ3) is 4.08. The van der Waals surface area contributed by atoms with Crippen molar-refractivity contribution in [1.82, 2.24) is 4.90 Å². The average Bonchev–Trinajstić information content (AvgIpc) is 2.96. The first-order valence-corrected chi connectivity index (χ1v) is 9.65. The molecule has 28 heavy (non-hydrogen) atoms. The Balaban J connectivity index is 1.51. The summed E-state index contributed by atoms with van der Waals surface area (Å²) in [5, 5.41) is 0. The Morgan fingerprint density at radius 2 is 1.64 bits per heavy atom. The van der Waals surface area contributed by atoms with Crippen LogP contribution in [0.5, 0.6) is 5.75 Å². The second-order valence-corrected chi connectivity index (χ2v) is 7.30. The van der Waals surface area contributed by atoms with Crippen molar-refractivity contribution >= 4 is 23.6 Å². The highest BCUT2D eigenvalue weighted by Gasteiger charge is 2.47. The normalized spacial score (nSPS) is 22.6. The second kappa shape index (κ2) is 8.54. The van der Waals surface area contributed by atoms with Crippen molar-refractivity contribution in [1.29, 1.82) is 0 Å². The lowest BCUT2D eigenvalue weighted by molar-refractivity contribution is -0.147.